The van der Waals surface area contributed by atoms with Gasteiger partial charge in [0.1, 0.15) is 23.3 Å². The van der Waals surface area contributed by atoms with Crippen molar-refractivity contribution in [2.24, 2.45) is 0 Å². The van der Waals surface area contributed by atoms with E-state index in [1.165, 1.54) is 18.8 Å². The summed E-state index contributed by atoms with van der Waals surface area (Å²) in [5.74, 6) is 1.32. The van der Waals surface area contributed by atoms with E-state index in [1.54, 1.807) is 60.7 Å². The lowest BCUT2D eigenvalue weighted by molar-refractivity contribution is 0.101. The monoisotopic (exact) mass is 934 g/mol. The predicted molar refractivity (Wildman–Crippen MR) is 260 cm³/mol. The zero-order valence-electron chi connectivity index (χ0n) is 34.7. The van der Waals surface area contributed by atoms with Crippen LogP contribution < -0.4 is 21.3 Å². The summed E-state index contributed by atoms with van der Waals surface area (Å²) >= 11 is 24.0. The Balaban J connectivity index is 0.000000192. The van der Waals surface area contributed by atoms with Gasteiger partial charge in [-0.3, -0.25) is 20.4 Å². The van der Waals surface area contributed by atoms with Gasteiger partial charge in [-0.15, -0.1) is 0 Å². The molecule has 2 amide bonds. The molecule has 64 heavy (non-hydrogen) atoms. The van der Waals surface area contributed by atoms with Gasteiger partial charge in [0.15, 0.2) is 0 Å². The second-order valence-corrected chi connectivity index (χ2v) is 16.9. The molecule has 2 aliphatic rings. The number of rotatable bonds is 12. The van der Waals surface area contributed by atoms with E-state index in [-0.39, 0.29) is 11.8 Å². The number of benzene rings is 4. The molecule has 0 atom stereocenters. The molecule has 0 bridgehead atoms. The molecule has 2 saturated heterocycles. The quantitative estimate of drug-likeness (QED) is 0.0522. The van der Waals surface area contributed by atoms with Crippen molar-refractivity contribution >= 4 is 92.9 Å². The van der Waals surface area contributed by atoms with Gasteiger partial charge >= 0.3 is 0 Å². The van der Waals surface area contributed by atoms with E-state index in [4.69, 9.17) is 57.2 Å². The third kappa shape index (κ3) is 12.5. The molecule has 0 radical (unpaired) electrons. The summed E-state index contributed by atoms with van der Waals surface area (Å²) in [6.07, 6.45) is 7.64. The minimum absolute atomic E-state index is 0.319. The highest BCUT2D eigenvalue weighted by Gasteiger charge is 2.19. The van der Waals surface area contributed by atoms with Crippen LogP contribution in [-0.4, -0.2) is 69.4 Å². The fourth-order valence-corrected chi connectivity index (χ4v) is 7.53. The van der Waals surface area contributed by atoms with Crippen molar-refractivity contribution < 1.29 is 9.59 Å². The Morgan fingerprint density at radius 3 is 1.25 bits per heavy atom. The fraction of sp³-hybridized carbons (Fsp3) is 0.208. The van der Waals surface area contributed by atoms with Crippen molar-refractivity contribution in [3.05, 3.63) is 175 Å². The summed E-state index contributed by atoms with van der Waals surface area (Å²) in [4.78, 5) is 38.0. The van der Waals surface area contributed by atoms with Crippen LogP contribution in [0.2, 0.25) is 20.1 Å². The van der Waals surface area contributed by atoms with Gasteiger partial charge in [0.2, 0.25) is 0 Å². The van der Waals surface area contributed by atoms with Gasteiger partial charge < -0.3 is 31.1 Å². The number of hydrogen-bond donors (Lipinski definition) is 6. The summed E-state index contributed by atoms with van der Waals surface area (Å²) in [5.41, 5.74) is 6.08. The van der Waals surface area contributed by atoms with Gasteiger partial charge in [-0.1, -0.05) is 94.9 Å². The van der Waals surface area contributed by atoms with E-state index in [0.29, 0.717) is 79.0 Å². The Kier molecular flexibility index (Phi) is 15.7. The van der Waals surface area contributed by atoms with E-state index in [9.17, 15) is 9.59 Å². The summed E-state index contributed by atoms with van der Waals surface area (Å²) in [5, 5.41) is 30.8. The van der Waals surface area contributed by atoms with Crippen LogP contribution in [0.15, 0.2) is 122 Å². The average molecular weight is 937 g/mol. The molecule has 328 valence electrons. The smallest absolute Gasteiger partial charge is 0.258 e. The molecule has 6 N–H and O–H groups in total. The number of nitrogens with one attached hydrogen (secondary N) is 6. The second-order valence-electron chi connectivity index (χ2n) is 15.2. The maximum absolute atomic E-state index is 12.8. The number of halogens is 4. The first-order chi connectivity index (χ1) is 31.0. The minimum Gasteiger partial charge on any atom is -0.380 e. The minimum atomic E-state index is -0.321. The predicted octanol–water partition coefficient (Wildman–Crippen LogP) is 11.3. The number of hydrogen-bond acceptors (Lipinski definition) is 8. The first-order valence-corrected chi connectivity index (χ1v) is 22.3. The van der Waals surface area contributed by atoms with Crippen molar-refractivity contribution in [2.75, 3.05) is 47.4 Å². The van der Waals surface area contributed by atoms with Gasteiger partial charge in [-0.2, -0.15) is 0 Å². The van der Waals surface area contributed by atoms with Crippen molar-refractivity contribution in [3.8, 4) is 0 Å². The Bertz CT molecular complexity index is 2580. The van der Waals surface area contributed by atoms with Gasteiger partial charge in [-0.05, 0) is 97.5 Å². The number of pyridine rings is 2. The van der Waals surface area contributed by atoms with Gasteiger partial charge in [-0.25, -0.2) is 9.97 Å². The molecule has 0 spiro atoms. The third-order valence-corrected chi connectivity index (χ3v) is 11.6. The molecule has 8 rings (SSSR count). The van der Waals surface area contributed by atoms with Crippen LogP contribution in [0.1, 0.15) is 68.7 Å². The molecule has 6 aromatic rings. The summed E-state index contributed by atoms with van der Waals surface area (Å²) in [6.45, 7) is 4.87. The number of likely N-dealkylation sites (tertiary alicyclic amines) is 2. The normalized spacial score (nSPS) is 13.1. The van der Waals surface area contributed by atoms with Gasteiger partial charge in [0, 0.05) is 84.2 Å². The van der Waals surface area contributed by atoms with Crippen molar-refractivity contribution in [2.45, 2.75) is 38.8 Å². The SMILES string of the molecule is N=C(c1ccc(CNc2ccc(Cl)cc2C(=O)Nc2ccc(Cl)cn2)cc1)N1CCC1.N=C(c1ccc(CNc2ccc(Cl)cc2C(=O)Nc2ccc(Cl)cn2)cc1)N1CCCCC1. The molecule has 4 heterocycles. The Hall–Kier alpha value is -6.18. The van der Waals surface area contributed by atoms with Crippen molar-refractivity contribution in [1.82, 2.24) is 19.8 Å². The Morgan fingerprint density at radius 2 is 0.891 bits per heavy atom. The standard InChI is InChI=1S/C25H25Cl2N5O.C23H21Cl2N5O/c26-19-8-10-22(21(14-19)25(33)31-23-11-9-20(27)16-30-23)29-15-17-4-6-18(7-5-17)24(28)32-12-2-1-3-13-32;24-17-6-8-20(19(12-17)23(31)29-21-9-7-18(25)14-28-21)27-13-15-2-4-16(5-3-15)22(26)30-10-1-11-30/h4-11,14,16,28-29H,1-3,12-13,15H2,(H,30,31,33);2-9,12,14,26-27H,1,10-11,13H2,(H,28,29,31). The summed E-state index contributed by atoms with van der Waals surface area (Å²) < 4.78 is 0. The van der Waals surface area contributed by atoms with Crippen LogP contribution in [0.25, 0.3) is 0 Å². The molecular weight excluding hydrogens is 890 g/mol. The molecule has 0 aliphatic carbocycles. The van der Waals surface area contributed by atoms with Crippen LogP contribution in [0.3, 0.4) is 0 Å². The number of anilines is 4. The fourth-order valence-electron chi connectivity index (χ4n) is 6.96. The maximum atomic E-state index is 12.8. The number of carbonyl (C=O) groups excluding carboxylic acids is 2. The zero-order valence-corrected chi connectivity index (χ0v) is 37.8. The van der Waals surface area contributed by atoms with Crippen LogP contribution in [0, 0.1) is 10.8 Å². The largest absolute Gasteiger partial charge is 0.380 e. The molecule has 2 aliphatic heterocycles. The lowest BCUT2D eigenvalue weighted by Crippen LogP contribution is -2.42. The maximum Gasteiger partial charge on any atom is 0.258 e. The number of amides is 2. The molecule has 0 saturated carbocycles. The van der Waals surface area contributed by atoms with E-state index >= 15 is 0 Å². The molecule has 2 fully saturated rings. The third-order valence-electron chi connectivity index (χ3n) is 10.7. The van der Waals surface area contributed by atoms with E-state index in [1.807, 2.05) is 48.5 Å². The number of carbonyl (C=O) groups is 2. The molecule has 16 heteroatoms. The number of piperidine rings is 1. The Morgan fingerprint density at radius 1 is 0.500 bits per heavy atom. The number of nitrogens with zero attached hydrogens (tertiary/aromatic N) is 4. The van der Waals surface area contributed by atoms with Crippen LogP contribution >= 0.6 is 46.4 Å². The van der Waals surface area contributed by atoms with E-state index in [2.05, 4.69) is 41.0 Å². The molecule has 0 unspecified atom stereocenters. The molecule has 12 nitrogen and oxygen atoms in total. The molecule has 4 aromatic carbocycles. The molecule has 2 aromatic heterocycles. The first-order valence-electron chi connectivity index (χ1n) is 20.8. The molecular formula is C48H46Cl4N10O2. The summed E-state index contributed by atoms with van der Waals surface area (Å²) in [7, 11) is 0. The van der Waals surface area contributed by atoms with Crippen LogP contribution in [0.5, 0.6) is 0 Å². The Labute approximate surface area is 392 Å². The lowest BCUT2D eigenvalue weighted by Gasteiger charge is -2.33. The zero-order chi connectivity index (χ0) is 45.0. The van der Waals surface area contributed by atoms with Crippen LogP contribution in [0.4, 0.5) is 23.0 Å². The average Bonchev–Trinajstić information content (AvgIpc) is 3.29. The van der Waals surface area contributed by atoms with E-state index < -0.39 is 0 Å². The summed E-state index contributed by atoms with van der Waals surface area (Å²) in [6, 6.07) is 32.8. The number of aromatic nitrogens is 2. The number of amidine groups is 2. The topological polar surface area (TPSA) is 162 Å². The van der Waals surface area contributed by atoms with Crippen molar-refractivity contribution in [1.29, 1.82) is 10.8 Å². The first kappa shape index (κ1) is 45.8. The highest BCUT2D eigenvalue weighted by Crippen LogP contribution is 2.25. The van der Waals surface area contributed by atoms with E-state index in [0.717, 1.165) is 67.7 Å². The second kappa shape index (κ2) is 21.9. The highest BCUT2D eigenvalue weighted by atomic mass is 35.5. The van der Waals surface area contributed by atoms with Crippen molar-refractivity contribution in [3.63, 3.8) is 0 Å². The lowest BCUT2D eigenvalue weighted by atomic mass is 10.1. The highest BCUT2D eigenvalue weighted by molar-refractivity contribution is 6.32. The van der Waals surface area contributed by atoms with Gasteiger partial charge in [0.25, 0.3) is 11.8 Å². The van der Waals surface area contributed by atoms with Gasteiger partial charge in [0.05, 0.1) is 21.2 Å². The van der Waals surface area contributed by atoms with Crippen LogP contribution in [-0.2, 0) is 13.1 Å².